The highest BCUT2D eigenvalue weighted by atomic mass is 19.1. The number of hydrogen-bond donors (Lipinski definition) is 1. The molecule has 0 aliphatic carbocycles. The fourth-order valence-electron chi connectivity index (χ4n) is 6.25. The van der Waals surface area contributed by atoms with Gasteiger partial charge in [0.2, 0.25) is 0 Å². The van der Waals surface area contributed by atoms with E-state index in [4.69, 9.17) is 14.5 Å². The lowest BCUT2D eigenvalue weighted by atomic mass is 10.0. The van der Waals surface area contributed by atoms with Crippen LogP contribution in [0.1, 0.15) is 21.5 Å². The van der Waals surface area contributed by atoms with Crippen LogP contribution in [0.4, 0.5) is 15.9 Å². The topological polar surface area (TPSA) is 88.5 Å². The van der Waals surface area contributed by atoms with Crippen molar-refractivity contribution in [1.29, 1.82) is 0 Å². The third-order valence-corrected chi connectivity index (χ3v) is 8.55. The highest BCUT2D eigenvalue weighted by Gasteiger charge is 2.26. The second-order valence-corrected chi connectivity index (χ2v) is 11.6. The van der Waals surface area contributed by atoms with Gasteiger partial charge in [0.15, 0.2) is 5.82 Å². The first-order chi connectivity index (χ1) is 23.0. The molecule has 47 heavy (non-hydrogen) atoms. The number of morpholine rings is 1. The summed E-state index contributed by atoms with van der Waals surface area (Å²) in [6, 6.07) is 25.7. The molecule has 3 aromatic heterocycles. The van der Waals surface area contributed by atoms with Crippen molar-refractivity contribution in [1.82, 2.24) is 19.5 Å². The summed E-state index contributed by atoms with van der Waals surface area (Å²) in [5, 5.41) is 0.600. The first kappa shape index (κ1) is 30.2. The number of fused-ring (bicyclic) bond motifs is 1. The number of benzene rings is 3. The van der Waals surface area contributed by atoms with Crippen molar-refractivity contribution in [2.24, 2.45) is 7.05 Å². The van der Waals surface area contributed by atoms with E-state index in [9.17, 15) is 4.79 Å². The zero-order valence-corrected chi connectivity index (χ0v) is 26.3. The van der Waals surface area contributed by atoms with E-state index in [0.717, 1.165) is 16.8 Å². The molecule has 4 heterocycles. The van der Waals surface area contributed by atoms with Gasteiger partial charge in [-0.15, -0.1) is 0 Å². The number of H-pyrrole nitrogens is 1. The number of halogens is 1. The third kappa shape index (κ3) is 6.07. The second-order valence-electron chi connectivity index (χ2n) is 11.6. The largest absolute Gasteiger partial charge is 0.465 e. The molecular weight excluding hydrogens is 595 g/mol. The highest BCUT2D eigenvalue weighted by Crippen LogP contribution is 2.40. The van der Waals surface area contributed by atoms with Gasteiger partial charge in [0, 0.05) is 68.5 Å². The number of aryl methyl sites for hydroxylation is 1. The van der Waals surface area contributed by atoms with Gasteiger partial charge in [-0.2, -0.15) is 0 Å². The summed E-state index contributed by atoms with van der Waals surface area (Å²) in [6.07, 6.45) is 5.09. The molecule has 0 spiro atoms. The molecule has 238 valence electrons. The maximum Gasteiger partial charge on any atom is 0.340 e. The predicted molar refractivity (Wildman–Crippen MR) is 181 cm³/mol. The Bertz CT molecular complexity index is 1980. The van der Waals surface area contributed by atoms with Gasteiger partial charge in [-0.3, -0.25) is 0 Å². The number of nitrogens with one attached hydrogen (secondary N) is 1. The van der Waals surface area contributed by atoms with E-state index < -0.39 is 11.8 Å². The minimum Gasteiger partial charge on any atom is -0.465 e. The van der Waals surface area contributed by atoms with E-state index >= 15 is 4.39 Å². The monoisotopic (exact) mass is 630 g/mol. The summed E-state index contributed by atoms with van der Waals surface area (Å²) >= 11 is 0. The number of anilines is 2. The molecule has 6 aromatic rings. The van der Waals surface area contributed by atoms with Crippen molar-refractivity contribution in [3.8, 4) is 22.6 Å². The number of carbonyl (C=O) groups is 1. The number of aromatic amines is 1. The van der Waals surface area contributed by atoms with Gasteiger partial charge in [0.1, 0.15) is 11.6 Å². The first-order valence-electron chi connectivity index (χ1n) is 15.6. The molecule has 0 saturated carbocycles. The maximum absolute atomic E-state index is 16.5. The predicted octanol–water partition coefficient (Wildman–Crippen LogP) is 6.60. The molecule has 0 bridgehead atoms. The van der Waals surface area contributed by atoms with Gasteiger partial charge in [-0.05, 0) is 29.3 Å². The van der Waals surface area contributed by atoms with E-state index in [0.29, 0.717) is 84.3 Å². The van der Waals surface area contributed by atoms with Crippen molar-refractivity contribution in [2.45, 2.75) is 13.1 Å². The van der Waals surface area contributed by atoms with E-state index in [1.165, 1.54) is 13.2 Å². The zero-order chi connectivity index (χ0) is 32.3. The fourth-order valence-corrected chi connectivity index (χ4v) is 6.25. The van der Waals surface area contributed by atoms with Gasteiger partial charge in [0.25, 0.3) is 0 Å². The molecule has 1 aliphatic heterocycles. The second kappa shape index (κ2) is 13.1. The van der Waals surface area contributed by atoms with Crippen LogP contribution < -0.4 is 9.80 Å². The zero-order valence-electron chi connectivity index (χ0n) is 26.3. The van der Waals surface area contributed by atoms with Gasteiger partial charge < -0.3 is 28.8 Å². The smallest absolute Gasteiger partial charge is 0.340 e. The van der Waals surface area contributed by atoms with Crippen molar-refractivity contribution in [2.75, 3.05) is 43.2 Å². The number of pyridine rings is 1. The summed E-state index contributed by atoms with van der Waals surface area (Å²) in [5.41, 5.74) is 5.45. The molecule has 1 aliphatic rings. The SMILES string of the molecule is COC(=O)c1cnc(N(Cc2ccccc2)Cc2ccccc2)c2[nH]c(-c3c(F)cc(-c4nccn4C)cc3N3CCOCC3)cc12. The number of rotatable bonds is 9. The average molecular weight is 631 g/mol. The molecule has 0 radical (unpaired) electrons. The number of aromatic nitrogens is 4. The van der Waals surface area contributed by atoms with E-state index in [1.54, 1.807) is 12.4 Å². The number of esters is 1. The first-order valence-corrected chi connectivity index (χ1v) is 15.6. The molecule has 1 fully saturated rings. The highest BCUT2D eigenvalue weighted by molar-refractivity contribution is 6.08. The third-order valence-electron chi connectivity index (χ3n) is 8.55. The molecule has 0 unspecified atom stereocenters. The number of methoxy groups -OCH3 is 1. The van der Waals surface area contributed by atoms with Crippen LogP contribution in [0.2, 0.25) is 0 Å². The van der Waals surface area contributed by atoms with E-state index in [1.807, 2.05) is 66.3 Å². The quantitative estimate of drug-likeness (QED) is 0.180. The Morgan fingerprint density at radius 1 is 0.979 bits per heavy atom. The number of hydrogen-bond acceptors (Lipinski definition) is 7. The summed E-state index contributed by atoms with van der Waals surface area (Å²) in [4.78, 5) is 30.1. The van der Waals surface area contributed by atoms with E-state index in [2.05, 4.69) is 44.0 Å². The number of ether oxygens (including phenoxy) is 2. The van der Waals surface area contributed by atoms with Crippen LogP contribution in [0.5, 0.6) is 0 Å². The summed E-state index contributed by atoms with van der Waals surface area (Å²) in [6.45, 7) is 3.42. The van der Waals surface area contributed by atoms with E-state index in [-0.39, 0.29) is 0 Å². The van der Waals surface area contributed by atoms with Crippen LogP contribution in [0.25, 0.3) is 33.5 Å². The van der Waals surface area contributed by atoms with Crippen molar-refractivity contribution in [3.63, 3.8) is 0 Å². The lowest BCUT2D eigenvalue weighted by Crippen LogP contribution is -2.36. The minimum atomic E-state index is -0.517. The molecular formula is C37H35FN6O3. The lowest BCUT2D eigenvalue weighted by molar-refractivity contribution is 0.0602. The normalized spacial score (nSPS) is 13.2. The van der Waals surface area contributed by atoms with Crippen LogP contribution >= 0.6 is 0 Å². The summed E-state index contributed by atoms with van der Waals surface area (Å²) in [7, 11) is 3.24. The Hall–Kier alpha value is -5.48. The Balaban J connectivity index is 1.42. The molecule has 10 heteroatoms. The van der Waals surface area contributed by atoms with Crippen LogP contribution in [0.15, 0.2) is 97.5 Å². The van der Waals surface area contributed by atoms with Gasteiger partial charge in [0.05, 0.1) is 42.7 Å². The van der Waals surface area contributed by atoms with Crippen molar-refractivity contribution in [3.05, 3.63) is 120 Å². The molecule has 0 amide bonds. The molecule has 1 saturated heterocycles. The summed E-state index contributed by atoms with van der Waals surface area (Å²) in [5.74, 6) is 0.387. The van der Waals surface area contributed by atoms with Gasteiger partial charge in [-0.1, -0.05) is 60.7 Å². The number of nitrogens with zero attached hydrogens (tertiary/aromatic N) is 5. The number of imidazole rings is 1. The molecule has 0 atom stereocenters. The average Bonchev–Trinajstić information content (AvgIpc) is 3.75. The maximum atomic E-state index is 16.5. The van der Waals surface area contributed by atoms with Crippen LogP contribution in [0.3, 0.4) is 0 Å². The summed E-state index contributed by atoms with van der Waals surface area (Å²) < 4.78 is 29.2. The minimum absolute atomic E-state index is 0.297. The standard InChI is InChI=1S/C37H35FN6O3/c1-42-14-13-39-35(42)27-19-30(38)33(32(20-27)43-15-17-47-18-16-43)31-21-28-29(37(45)46-2)22-40-36(34(28)41-31)44(23-25-9-5-3-6-10-25)24-26-11-7-4-8-12-26/h3-14,19-22,41H,15-18,23-24H2,1-2H3. The molecule has 1 N–H and O–H groups in total. The lowest BCUT2D eigenvalue weighted by Gasteiger charge is -2.31. The van der Waals surface area contributed by atoms with Crippen LogP contribution in [-0.2, 0) is 29.6 Å². The van der Waals surface area contributed by atoms with Crippen molar-refractivity contribution < 1.29 is 18.7 Å². The van der Waals surface area contributed by atoms with Gasteiger partial charge >= 0.3 is 5.97 Å². The molecule has 7 rings (SSSR count). The molecule has 9 nitrogen and oxygen atoms in total. The molecule has 3 aromatic carbocycles. The Morgan fingerprint density at radius 3 is 2.28 bits per heavy atom. The van der Waals surface area contributed by atoms with Crippen molar-refractivity contribution >= 4 is 28.4 Å². The van der Waals surface area contributed by atoms with Crippen LogP contribution in [0, 0.1) is 5.82 Å². The number of carbonyl (C=O) groups excluding carboxylic acids is 1. The fraction of sp³-hybridized carbons (Fsp3) is 0.216. The Morgan fingerprint density at radius 2 is 1.66 bits per heavy atom. The van der Waals surface area contributed by atoms with Gasteiger partial charge in [-0.25, -0.2) is 19.2 Å². The van der Waals surface area contributed by atoms with Crippen LogP contribution in [-0.4, -0.2) is 58.9 Å². The Kier molecular flexibility index (Phi) is 8.41. The Labute approximate surface area is 272 Å².